The number of carbonyl (C=O) groups excluding carboxylic acids is 2. The maximum absolute atomic E-state index is 12.7. The van der Waals surface area contributed by atoms with Gasteiger partial charge in [0.2, 0.25) is 11.8 Å². The topological polar surface area (TPSA) is 98.1 Å². The number of hydrogen-bond acceptors (Lipinski definition) is 5. The second kappa shape index (κ2) is 10.5. The van der Waals surface area contributed by atoms with E-state index >= 15 is 0 Å². The van der Waals surface area contributed by atoms with Gasteiger partial charge in [-0.15, -0.1) is 0 Å². The Morgan fingerprint density at radius 2 is 1.97 bits per heavy atom. The molecule has 2 aliphatic rings. The van der Waals surface area contributed by atoms with Crippen molar-refractivity contribution in [3.05, 3.63) is 46.5 Å². The number of rotatable bonds is 9. The highest BCUT2D eigenvalue weighted by Crippen LogP contribution is 2.46. The van der Waals surface area contributed by atoms with Crippen LogP contribution in [-0.4, -0.2) is 51.8 Å². The van der Waals surface area contributed by atoms with Gasteiger partial charge < -0.3 is 15.3 Å². The molecule has 2 amide bonds. The number of amides is 2. The van der Waals surface area contributed by atoms with Gasteiger partial charge in [-0.3, -0.25) is 14.5 Å². The van der Waals surface area contributed by atoms with E-state index in [1.54, 1.807) is 18.2 Å². The summed E-state index contributed by atoms with van der Waals surface area (Å²) in [6.07, 6.45) is 5.43. The Kier molecular flexibility index (Phi) is 7.91. The van der Waals surface area contributed by atoms with Crippen LogP contribution in [0.5, 0.6) is 5.75 Å². The van der Waals surface area contributed by atoms with E-state index in [9.17, 15) is 24.9 Å². The molecule has 0 bridgehead atoms. The highest BCUT2D eigenvalue weighted by atomic mass is 16.3. The number of phenols is 1. The van der Waals surface area contributed by atoms with Gasteiger partial charge in [0, 0.05) is 13.0 Å². The van der Waals surface area contributed by atoms with Crippen molar-refractivity contribution < 1.29 is 24.9 Å². The fraction of sp³-hybridized carbons (Fsp3) is 0.538. The number of nitrogens with zero attached hydrogens (tertiary/aromatic N) is 1. The van der Waals surface area contributed by atoms with Crippen LogP contribution in [0.15, 0.2) is 41.0 Å². The van der Waals surface area contributed by atoms with Crippen LogP contribution in [0.1, 0.15) is 57.9 Å². The van der Waals surface area contributed by atoms with Crippen LogP contribution in [0.4, 0.5) is 0 Å². The number of aromatic hydroxyl groups is 1. The Labute approximate surface area is 190 Å². The second-order valence-corrected chi connectivity index (χ2v) is 8.98. The zero-order chi connectivity index (χ0) is 23.4. The van der Waals surface area contributed by atoms with Crippen molar-refractivity contribution in [3.8, 4) is 5.75 Å². The van der Waals surface area contributed by atoms with Gasteiger partial charge in [0.25, 0.3) is 0 Å². The molecule has 0 aromatic heterocycles. The molecule has 6 heteroatoms. The number of aliphatic hydroxyl groups is 2. The second-order valence-electron chi connectivity index (χ2n) is 8.98. The SMILES string of the molecule is CCC/C(=C\c1cccc(O)c1)CC[C@@H](O)C1=C(CC)C[C@H]2C(=O)N(C)C(=O)[C@H]2[C@H]1CO. The number of imide groups is 1. The fourth-order valence-corrected chi connectivity index (χ4v) is 5.37. The number of fused-ring (bicyclic) bond motifs is 1. The van der Waals surface area contributed by atoms with Crippen LogP contribution >= 0.6 is 0 Å². The average Bonchev–Trinajstić information content (AvgIpc) is 2.99. The summed E-state index contributed by atoms with van der Waals surface area (Å²) in [5, 5.41) is 31.1. The van der Waals surface area contributed by atoms with Gasteiger partial charge in [0.15, 0.2) is 0 Å². The molecule has 1 fully saturated rings. The number of likely N-dealkylation sites (tertiary alicyclic amines) is 1. The van der Waals surface area contributed by atoms with Crippen molar-refractivity contribution in [2.45, 2.75) is 58.5 Å². The number of benzene rings is 1. The maximum Gasteiger partial charge on any atom is 0.233 e. The van der Waals surface area contributed by atoms with Crippen molar-refractivity contribution in [3.63, 3.8) is 0 Å². The molecule has 1 aliphatic carbocycles. The molecule has 0 spiro atoms. The molecule has 4 atom stereocenters. The van der Waals surface area contributed by atoms with E-state index in [1.165, 1.54) is 17.5 Å². The van der Waals surface area contributed by atoms with Crippen molar-refractivity contribution in [2.24, 2.45) is 17.8 Å². The average molecular weight is 442 g/mol. The van der Waals surface area contributed by atoms with E-state index in [4.69, 9.17) is 0 Å². The molecule has 6 nitrogen and oxygen atoms in total. The predicted molar refractivity (Wildman–Crippen MR) is 123 cm³/mol. The Hall–Kier alpha value is -2.44. The van der Waals surface area contributed by atoms with E-state index in [1.807, 2.05) is 13.0 Å². The van der Waals surface area contributed by atoms with E-state index < -0.39 is 23.9 Å². The lowest BCUT2D eigenvalue weighted by Crippen LogP contribution is -2.39. The molecule has 1 heterocycles. The van der Waals surface area contributed by atoms with Gasteiger partial charge >= 0.3 is 0 Å². The zero-order valence-electron chi connectivity index (χ0n) is 19.3. The molecule has 32 heavy (non-hydrogen) atoms. The van der Waals surface area contributed by atoms with E-state index in [0.29, 0.717) is 25.7 Å². The third-order valence-electron chi connectivity index (χ3n) is 6.94. The van der Waals surface area contributed by atoms with Crippen LogP contribution in [0.2, 0.25) is 0 Å². The number of carbonyl (C=O) groups is 2. The number of aliphatic hydroxyl groups excluding tert-OH is 2. The van der Waals surface area contributed by atoms with Crippen LogP contribution in [0, 0.1) is 17.8 Å². The minimum Gasteiger partial charge on any atom is -0.508 e. The molecular weight excluding hydrogens is 406 g/mol. The molecule has 0 saturated carbocycles. The van der Waals surface area contributed by atoms with Gasteiger partial charge in [-0.2, -0.15) is 0 Å². The molecule has 3 rings (SSSR count). The van der Waals surface area contributed by atoms with Crippen LogP contribution in [0.3, 0.4) is 0 Å². The summed E-state index contributed by atoms with van der Waals surface area (Å²) in [4.78, 5) is 26.5. The first kappa shape index (κ1) is 24.2. The molecule has 1 saturated heterocycles. The smallest absolute Gasteiger partial charge is 0.233 e. The molecule has 3 N–H and O–H groups in total. The lowest BCUT2D eigenvalue weighted by atomic mass is 9.67. The van der Waals surface area contributed by atoms with Gasteiger partial charge in [-0.25, -0.2) is 0 Å². The first-order chi connectivity index (χ1) is 15.3. The summed E-state index contributed by atoms with van der Waals surface area (Å²) in [5.41, 5.74) is 3.84. The summed E-state index contributed by atoms with van der Waals surface area (Å²) < 4.78 is 0. The minimum absolute atomic E-state index is 0.183. The summed E-state index contributed by atoms with van der Waals surface area (Å²) in [7, 11) is 1.50. The highest BCUT2D eigenvalue weighted by Gasteiger charge is 2.53. The predicted octanol–water partition coefficient (Wildman–Crippen LogP) is 3.67. The molecular formula is C26H35NO5. The van der Waals surface area contributed by atoms with Crippen molar-refractivity contribution in [1.82, 2.24) is 4.90 Å². The lowest BCUT2D eigenvalue weighted by Gasteiger charge is -2.36. The molecule has 1 aliphatic heterocycles. The van der Waals surface area contributed by atoms with E-state index in [0.717, 1.165) is 29.6 Å². The monoisotopic (exact) mass is 441 g/mol. The summed E-state index contributed by atoms with van der Waals surface area (Å²) >= 11 is 0. The quantitative estimate of drug-likeness (QED) is 0.401. The first-order valence-corrected chi connectivity index (χ1v) is 11.6. The van der Waals surface area contributed by atoms with Crippen molar-refractivity contribution in [2.75, 3.05) is 13.7 Å². The number of hydrogen-bond donors (Lipinski definition) is 3. The van der Waals surface area contributed by atoms with Gasteiger partial charge in [0.1, 0.15) is 5.75 Å². The van der Waals surface area contributed by atoms with Crippen LogP contribution in [0.25, 0.3) is 6.08 Å². The fourth-order valence-electron chi connectivity index (χ4n) is 5.37. The third kappa shape index (κ3) is 4.81. The molecule has 1 aromatic carbocycles. The number of allylic oxidation sites excluding steroid dienone is 2. The van der Waals surface area contributed by atoms with Crippen LogP contribution < -0.4 is 0 Å². The largest absolute Gasteiger partial charge is 0.508 e. The number of phenolic OH excluding ortho intramolecular Hbond substituents is 1. The van der Waals surface area contributed by atoms with Gasteiger partial charge in [-0.1, -0.05) is 49.6 Å². The molecule has 0 radical (unpaired) electrons. The minimum atomic E-state index is -0.777. The molecule has 0 unspecified atom stereocenters. The first-order valence-electron chi connectivity index (χ1n) is 11.6. The summed E-state index contributed by atoms with van der Waals surface area (Å²) in [6.45, 7) is 3.84. The molecule has 1 aromatic rings. The van der Waals surface area contributed by atoms with Gasteiger partial charge in [-0.05, 0) is 55.4 Å². The Morgan fingerprint density at radius 1 is 1.22 bits per heavy atom. The lowest BCUT2D eigenvalue weighted by molar-refractivity contribution is -0.138. The normalized spacial score (nSPS) is 24.8. The summed E-state index contributed by atoms with van der Waals surface area (Å²) in [6, 6.07) is 7.09. The van der Waals surface area contributed by atoms with E-state index in [2.05, 4.69) is 13.0 Å². The maximum atomic E-state index is 12.7. The van der Waals surface area contributed by atoms with Gasteiger partial charge in [0.05, 0.1) is 24.5 Å². The van der Waals surface area contributed by atoms with Crippen molar-refractivity contribution in [1.29, 1.82) is 0 Å². The van der Waals surface area contributed by atoms with E-state index in [-0.39, 0.29) is 24.2 Å². The Bertz CT molecular complexity index is 919. The standard InChI is InChI=1S/C26H35NO5/c1-4-7-16(12-17-8-6-9-19(29)13-17)10-11-22(30)23-18(5-2)14-20-24(21(23)15-28)26(32)27(3)25(20)31/h6,8-9,12-13,20-22,24,28-30H,4-5,7,10-11,14-15H2,1-3H3/b16-12+/t20-,21+,22-,24-/m1/s1. The zero-order valence-corrected chi connectivity index (χ0v) is 19.3. The third-order valence-corrected chi connectivity index (χ3v) is 6.94. The highest BCUT2D eigenvalue weighted by molar-refractivity contribution is 6.05. The molecule has 174 valence electrons. The van der Waals surface area contributed by atoms with Crippen LogP contribution in [-0.2, 0) is 9.59 Å². The Balaban J connectivity index is 1.82. The summed E-state index contributed by atoms with van der Waals surface area (Å²) in [5.74, 6) is -1.76. The van der Waals surface area contributed by atoms with Crippen molar-refractivity contribution >= 4 is 17.9 Å². The Morgan fingerprint density at radius 3 is 2.59 bits per heavy atom.